The average molecular weight is 265 g/mol. The fourth-order valence-electron chi connectivity index (χ4n) is 0.904. The molecule has 0 N–H and O–H groups in total. The first-order chi connectivity index (χ1) is 5.47. The van der Waals surface area contributed by atoms with Crippen molar-refractivity contribution in [1.29, 1.82) is 0 Å². The Morgan fingerprint density at radius 1 is 1.46 bits per heavy atom. The number of para-hydroxylation sites is 1. The molecule has 1 aliphatic rings. The standard InChI is InChI=1S/C8H7N2O.CH3.Rh/c1-2-4-8(5-3-1)10-7-11-6-9-10;;/h1-4,6H,7H2;1H3;/q2*-1;+2. The molecular formula is C9H10N2ORh. The number of anilines is 1. The molecule has 0 atom stereocenters. The Morgan fingerprint density at radius 2 is 2.31 bits per heavy atom. The van der Waals surface area contributed by atoms with Gasteiger partial charge in [-0.2, -0.15) is 24.3 Å². The molecule has 0 saturated carbocycles. The smallest absolute Gasteiger partial charge is 0.459 e. The maximum atomic E-state index is 4.93. The predicted molar refractivity (Wildman–Crippen MR) is 48.6 cm³/mol. The van der Waals surface area contributed by atoms with Crippen LogP contribution in [0.1, 0.15) is 0 Å². The van der Waals surface area contributed by atoms with Gasteiger partial charge in [0.1, 0.15) is 0 Å². The van der Waals surface area contributed by atoms with Crippen molar-refractivity contribution in [3.63, 3.8) is 0 Å². The Morgan fingerprint density at radius 3 is 2.85 bits per heavy atom. The number of rotatable bonds is 1. The molecule has 0 unspecified atom stereocenters. The molecule has 13 heavy (non-hydrogen) atoms. The van der Waals surface area contributed by atoms with E-state index in [9.17, 15) is 0 Å². The van der Waals surface area contributed by atoms with Crippen LogP contribution in [0.25, 0.3) is 0 Å². The van der Waals surface area contributed by atoms with Crippen LogP contribution < -0.4 is 5.01 Å². The van der Waals surface area contributed by atoms with Gasteiger partial charge in [-0.1, -0.05) is 0 Å². The minimum absolute atomic E-state index is 0. The first-order valence-electron chi connectivity index (χ1n) is 3.35. The van der Waals surface area contributed by atoms with Crippen LogP contribution in [0.15, 0.2) is 29.4 Å². The summed E-state index contributed by atoms with van der Waals surface area (Å²) < 4.78 is 4.93. The fraction of sp³-hybridized carbons (Fsp3) is 0.111. The summed E-state index contributed by atoms with van der Waals surface area (Å²) in [7, 11) is 0. The van der Waals surface area contributed by atoms with Crippen LogP contribution in [-0.2, 0) is 24.2 Å². The van der Waals surface area contributed by atoms with Gasteiger partial charge < -0.3 is 12.2 Å². The molecule has 0 aliphatic carbocycles. The van der Waals surface area contributed by atoms with E-state index in [1.54, 1.807) is 5.01 Å². The van der Waals surface area contributed by atoms with Crippen molar-refractivity contribution in [2.45, 2.75) is 0 Å². The van der Waals surface area contributed by atoms with E-state index in [4.69, 9.17) is 4.74 Å². The van der Waals surface area contributed by atoms with Crippen molar-refractivity contribution in [2.24, 2.45) is 5.10 Å². The topological polar surface area (TPSA) is 24.8 Å². The van der Waals surface area contributed by atoms with Crippen LogP contribution in [0.2, 0.25) is 0 Å². The first kappa shape index (κ1) is 12.1. The number of hydrogen-bond donors (Lipinski definition) is 0. The van der Waals surface area contributed by atoms with Gasteiger partial charge >= 0.3 is 19.5 Å². The van der Waals surface area contributed by atoms with Gasteiger partial charge in [-0.15, -0.1) is 11.2 Å². The van der Waals surface area contributed by atoms with E-state index in [-0.39, 0.29) is 26.9 Å². The molecule has 1 aromatic rings. The third kappa shape index (κ3) is 2.81. The largest absolute Gasteiger partial charge is 2.00 e. The summed E-state index contributed by atoms with van der Waals surface area (Å²) in [4.78, 5) is 0. The molecule has 1 aromatic carbocycles. The van der Waals surface area contributed by atoms with Gasteiger partial charge in [0.25, 0.3) is 0 Å². The molecule has 0 fully saturated rings. The Bertz CT molecular complexity index is 264. The van der Waals surface area contributed by atoms with Gasteiger partial charge in [-0.05, 0) is 5.69 Å². The van der Waals surface area contributed by atoms with Crippen molar-refractivity contribution < 1.29 is 24.2 Å². The van der Waals surface area contributed by atoms with E-state index < -0.39 is 0 Å². The zero-order chi connectivity index (χ0) is 7.52. The summed E-state index contributed by atoms with van der Waals surface area (Å²) >= 11 is 0. The Labute approximate surface area is 91.1 Å². The zero-order valence-corrected chi connectivity index (χ0v) is 8.87. The van der Waals surface area contributed by atoms with E-state index in [1.807, 2.05) is 24.3 Å². The van der Waals surface area contributed by atoms with Gasteiger partial charge in [0.15, 0.2) is 13.1 Å². The number of nitrogens with zero attached hydrogens (tertiary/aromatic N) is 2. The number of hydrogen-bond acceptors (Lipinski definition) is 3. The zero-order valence-electron chi connectivity index (χ0n) is 7.23. The molecule has 3 nitrogen and oxygen atoms in total. The third-order valence-electron chi connectivity index (χ3n) is 1.43. The van der Waals surface area contributed by atoms with Gasteiger partial charge in [-0.3, -0.25) is 5.01 Å². The van der Waals surface area contributed by atoms with E-state index in [0.717, 1.165) is 5.69 Å². The van der Waals surface area contributed by atoms with Crippen molar-refractivity contribution in [2.75, 3.05) is 11.7 Å². The van der Waals surface area contributed by atoms with E-state index in [2.05, 4.69) is 11.2 Å². The number of ether oxygens (including phenoxy) is 1. The van der Waals surface area contributed by atoms with Gasteiger partial charge in [0.05, 0.1) is 0 Å². The molecule has 1 radical (unpaired) electrons. The fourth-order valence-corrected chi connectivity index (χ4v) is 0.904. The first-order valence-corrected chi connectivity index (χ1v) is 3.35. The van der Waals surface area contributed by atoms with Crippen molar-refractivity contribution in [3.8, 4) is 0 Å². The molecule has 1 aliphatic heterocycles. The monoisotopic (exact) mass is 265 g/mol. The molecule has 4 heteroatoms. The second-order valence-electron chi connectivity index (χ2n) is 2.16. The van der Waals surface area contributed by atoms with Crippen LogP contribution in [0.5, 0.6) is 0 Å². The minimum atomic E-state index is 0. The summed E-state index contributed by atoms with van der Waals surface area (Å²) in [6.45, 7) is 0.487. The number of hydrazone groups is 1. The third-order valence-corrected chi connectivity index (χ3v) is 1.43. The summed E-state index contributed by atoms with van der Waals surface area (Å²) in [6.07, 6.45) is 1.43. The van der Waals surface area contributed by atoms with Crippen molar-refractivity contribution in [3.05, 3.63) is 37.8 Å². The number of benzene rings is 1. The van der Waals surface area contributed by atoms with Crippen molar-refractivity contribution >= 4 is 12.1 Å². The molecule has 0 amide bonds. The summed E-state index contributed by atoms with van der Waals surface area (Å²) in [5.41, 5.74) is 0.932. The second kappa shape index (κ2) is 5.71. The Balaban J connectivity index is 0.000000720. The van der Waals surface area contributed by atoms with Crippen LogP contribution in [-0.4, -0.2) is 13.1 Å². The van der Waals surface area contributed by atoms with E-state index in [0.29, 0.717) is 6.73 Å². The molecule has 0 saturated heterocycles. The quantitative estimate of drug-likeness (QED) is 0.570. The van der Waals surface area contributed by atoms with Crippen LogP contribution in [0.4, 0.5) is 5.69 Å². The van der Waals surface area contributed by atoms with Crippen LogP contribution in [0, 0.1) is 13.5 Å². The average Bonchev–Trinajstić information content (AvgIpc) is 2.58. The molecule has 0 bridgehead atoms. The van der Waals surface area contributed by atoms with E-state index in [1.165, 1.54) is 6.40 Å². The second-order valence-corrected chi connectivity index (χ2v) is 2.16. The summed E-state index contributed by atoms with van der Waals surface area (Å²) in [5.74, 6) is 0. The Hall–Kier alpha value is -0.887. The SMILES string of the molecule is [CH3-].[Rh+2].[c-]1ccccc1N1COC=N1. The Kier molecular flexibility index (Phi) is 5.32. The molecular weight excluding hydrogens is 255 g/mol. The predicted octanol–water partition coefficient (Wildman–Crippen LogP) is 1.67. The molecule has 0 spiro atoms. The molecule has 2 rings (SSSR count). The van der Waals surface area contributed by atoms with E-state index >= 15 is 0 Å². The van der Waals surface area contributed by atoms with Crippen LogP contribution in [0.3, 0.4) is 0 Å². The molecule has 0 aromatic heterocycles. The van der Waals surface area contributed by atoms with Crippen LogP contribution >= 0.6 is 0 Å². The van der Waals surface area contributed by atoms with Gasteiger partial charge in [0, 0.05) is 0 Å². The molecule has 1 heterocycles. The van der Waals surface area contributed by atoms with Gasteiger partial charge in [0.2, 0.25) is 0 Å². The minimum Gasteiger partial charge on any atom is -0.459 e. The maximum absolute atomic E-state index is 4.93. The molecule has 71 valence electrons. The van der Waals surface area contributed by atoms with Gasteiger partial charge in [-0.25, -0.2) is 0 Å². The summed E-state index contributed by atoms with van der Waals surface area (Å²) in [6, 6.07) is 10.7. The maximum Gasteiger partial charge on any atom is 2.00 e. The summed E-state index contributed by atoms with van der Waals surface area (Å²) in [5, 5.41) is 5.70. The van der Waals surface area contributed by atoms with Crippen molar-refractivity contribution in [1.82, 2.24) is 0 Å². The normalized spacial score (nSPS) is 12.8.